The lowest BCUT2D eigenvalue weighted by Gasteiger charge is -2.18. The minimum atomic E-state index is -3.07. The van der Waals surface area contributed by atoms with E-state index in [9.17, 15) is 4.57 Å². The first kappa shape index (κ1) is 23.7. The first-order chi connectivity index (χ1) is 14.1. The van der Waals surface area contributed by atoms with Gasteiger partial charge in [0.15, 0.2) is 0 Å². The second-order valence-electron chi connectivity index (χ2n) is 7.21. The second-order valence-corrected chi connectivity index (χ2v) is 9.39. The van der Waals surface area contributed by atoms with Crippen LogP contribution in [0, 0.1) is 0 Å². The number of unbranched alkanes of at least 4 members (excludes halogenated alkanes) is 6. The van der Waals surface area contributed by atoms with Gasteiger partial charge in [-0.2, -0.15) is 0 Å². The Kier molecular flexibility index (Phi) is 11.1. The van der Waals surface area contributed by atoms with E-state index in [1.54, 1.807) is 0 Å². The molecule has 160 valence electrons. The minimum Gasteiger partial charge on any atom is -0.457 e. The lowest BCUT2D eigenvalue weighted by atomic mass is 10.1. The summed E-state index contributed by atoms with van der Waals surface area (Å²) in [6.07, 6.45) is 8.71. The van der Waals surface area contributed by atoms with Gasteiger partial charge in [0.25, 0.3) is 0 Å². The molecule has 2 aromatic rings. The lowest BCUT2D eigenvalue weighted by molar-refractivity contribution is 0.204. The van der Waals surface area contributed by atoms with E-state index < -0.39 is 7.60 Å². The molecule has 0 aromatic heterocycles. The molecule has 0 spiro atoms. The monoisotopic (exact) mass is 418 g/mol. The normalized spacial score (nSPS) is 13.2. The van der Waals surface area contributed by atoms with Crippen LogP contribution in [0.5, 0.6) is 11.5 Å². The molecule has 0 radical (unpaired) electrons. The zero-order valence-corrected chi connectivity index (χ0v) is 18.7. The molecule has 0 saturated heterocycles. The van der Waals surface area contributed by atoms with Gasteiger partial charge >= 0.3 is 7.60 Å². The first-order valence-electron chi connectivity index (χ1n) is 10.8. The van der Waals surface area contributed by atoms with Gasteiger partial charge in [0, 0.05) is 0 Å². The fourth-order valence-electron chi connectivity index (χ4n) is 3.12. The van der Waals surface area contributed by atoms with E-state index in [0.717, 1.165) is 29.9 Å². The summed E-state index contributed by atoms with van der Waals surface area (Å²) in [5.41, 5.74) is 0.915. The highest BCUT2D eigenvalue weighted by Gasteiger charge is 2.23. The van der Waals surface area contributed by atoms with Crippen LogP contribution in [-0.4, -0.2) is 12.8 Å². The van der Waals surface area contributed by atoms with Gasteiger partial charge in [0.05, 0.1) is 19.4 Å². The lowest BCUT2D eigenvalue weighted by Crippen LogP contribution is -2.01. The van der Waals surface area contributed by atoms with Crippen LogP contribution >= 0.6 is 7.60 Å². The first-order valence-corrected chi connectivity index (χ1v) is 12.6. The van der Waals surface area contributed by atoms with Crippen molar-refractivity contribution in [2.75, 3.05) is 12.8 Å². The fraction of sp³-hybridized carbons (Fsp3) is 0.500. The Morgan fingerprint density at radius 3 is 2.17 bits per heavy atom. The van der Waals surface area contributed by atoms with Crippen LogP contribution in [0.1, 0.15) is 64.4 Å². The Morgan fingerprint density at radius 2 is 1.45 bits per heavy atom. The highest BCUT2D eigenvalue weighted by Crippen LogP contribution is 2.49. The molecule has 5 heteroatoms. The fourth-order valence-corrected chi connectivity index (χ4v) is 4.80. The van der Waals surface area contributed by atoms with E-state index in [2.05, 4.69) is 6.92 Å². The maximum Gasteiger partial charge on any atom is 0.330 e. The summed E-state index contributed by atoms with van der Waals surface area (Å²) in [6, 6.07) is 17.3. The van der Waals surface area contributed by atoms with Crippen molar-refractivity contribution in [3.8, 4) is 11.5 Å². The van der Waals surface area contributed by atoms with Crippen molar-refractivity contribution >= 4 is 7.60 Å². The average Bonchev–Trinajstić information content (AvgIpc) is 2.73. The molecule has 1 atom stereocenters. The summed E-state index contributed by atoms with van der Waals surface area (Å²) in [6.45, 7) is 4.72. The standard InChI is InChI=1S/C24H35O4P/c1-3-5-6-7-8-9-13-19-29(25,26-4-2)27-21-22-15-14-18-24(20-22)28-23-16-11-10-12-17-23/h10-12,14-18,20H,3-9,13,19,21H2,1-2H3. The smallest absolute Gasteiger partial charge is 0.330 e. The van der Waals surface area contributed by atoms with Crippen LogP contribution < -0.4 is 4.74 Å². The zero-order valence-electron chi connectivity index (χ0n) is 17.8. The Hall–Kier alpha value is -1.61. The second kappa shape index (κ2) is 13.6. The Labute approximate surface area is 176 Å². The number of para-hydroxylation sites is 1. The average molecular weight is 419 g/mol. The Morgan fingerprint density at radius 1 is 0.759 bits per heavy atom. The molecular weight excluding hydrogens is 383 g/mol. The molecule has 2 rings (SSSR count). The maximum absolute atomic E-state index is 13.0. The molecule has 0 saturated carbocycles. The topological polar surface area (TPSA) is 44.8 Å². The van der Waals surface area contributed by atoms with E-state index in [4.69, 9.17) is 13.8 Å². The third-order valence-electron chi connectivity index (χ3n) is 4.67. The van der Waals surface area contributed by atoms with Crippen LogP contribution in [0.3, 0.4) is 0 Å². The van der Waals surface area contributed by atoms with E-state index in [-0.39, 0.29) is 6.61 Å². The van der Waals surface area contributed by atoms with Crippen molar-refractivity contribution in [1.29, 1.82) is 0 Å². The van der Waals surface area contributed by atoms with Crippen molar-refractivity contribution in [2.24, 2.45) is 0 Å². The SMILES string of the molecule is CCCCCCCCCP(=O)(OCC)OCc1cccc(Oc2ccccc2)c1. The molecule has 0 aliphatic heterocycles. The number of rotatable bonds is 15. The maximum atomic E-state index is 13.0. The van der Waals surface area contributed by atoms with Crippen molar-refractivity contribution in [3.05, 3.63) is 60.2 Å². The van der Waals surface area contributed by atoms with E-state index in [1.807, 2.05) is 61.5 Å². The van der Waals surface area contributed by atoms with Gasteiger partial charge in [-0.3, -0.25) is 4.57 Å². The molecule has 0 heterocycles. The summed E-state index contributed by atoms with van der Waals surface area (Å²) >= 11 is 0. The highest BCUT2D eigenvalue weighted by atomic mass is 31.2. The van der Waals surface area contributed by atoms with Crippen LogP contribution in [0.2, 0.25) is 0 Å². The van der Waals surface area contributed by atoms with Crippen molar-refractivity contribution < 1.29 is 18.3 Å². The molecule has 0 N–H and O–H groups in total. The Bertz CT molecular complexity index is 733. The molecule has 0 aliphatic rings. The van der Waals surface area contributed by atoms with Crippen molar-refractivity contribution in [1.82, 2.24) is 0 Å². The number of hydrogen-bond donors (Lipinski definition) is 0. The molecule has 0 fully saturated rings. The zero-order chi connectivity index (χ0) is 20.8. The van der Waals surface area contributed by atoms with E-state index >= 15 is 0 Å². The van der Waals surface area contributed by atoms with Gasteiger partial charge in [-0.05, 0) is 43.2 Å². The van der Waals surface area contributed by atoms with Gasteiger partial charge in [-0.15, -0.1) is 0 Å². The number of ether oxygens (including phenoxy) is 1. The van der Waals surface area contributed by atoms with Crippen molar-refractivity contribution in [3.63, 3.8) is 0 Å². The molecular formula is C24H35O4P. The summed E-state index contributed by atoms with van der Waals surface area (Å²) in [7, 11) is -3.07. The van der Waals surface area contributed by atoms with Crippen LogP contribution in [-0.2, 0) is 20.2 Å². The van der Waals surface area contributed by atoms with E-state index in [0.29, 0.717) is 12.8 Å². The Balaban J connectivity index is 1.82. The predicted octanol–water partition coefficient (Wildman–Crippen LogP) is 7.98. The van der Waals surface area contributed by atoms with Gasteiger partial charge in [-0.1, -0.05) is 75.8 Å². The molecule has 4 nitrogen and oxygen atoms in total. The van der Waals surface area contributed by atoms with E-state index in [1.165, 1.54) is 32.1 Å². The van der Waals surface area contributed by atoms with Crippen LogP contribution in [0.15, 0.2) is 54.6 Å². The quantitative estimate of drug-likeness (QED) is 0.217. The third kappa shape index (κ3) is 9.62. The van der Waals surface area contributed by atoms with Gasteiger partial charge < -0.3 is 13.8 Å². The summed E-state index contributed by atoms with van der Waals surface area (Å²) < 4.78 is 30.2. The molecule has 29 heavy (non-hydrogen) atoms. The van der Waals surface area contributed by atoms with Crippen molar-refractivity contribution in [2.45, 2.75) is 65.4 Å². The van der Waals surface area contributed by atoms with Gasteiger partial charge in [0.2, 0.25) is 0 Å². The predicted molar refractivity (Wildman–Crippen MR) is 120 cm³/mol. The molecule has 0 amide bonds. The molecule has 0 aliphatic carbocycles. The summed E-state index contributed by atoms with van der Waals surface area (Å²) in [5.74, 6) is 1.51. The van der Waals surface area contributed by atoms with Crippen LogP contribution in [0.4, 0.5) is 0 Å². The number of benzene rings is 2. The molecule has 2 aromatic carbocycles. The number of hydrogen-bond acceptors (Lipinski definition) is 4. The minimum absolute atomic E-state index is 0.250. The third-order valence-corrected chi connectivity index (χ3v) is 6.70. The molecule has 1 unspecified atom stereocenters. The van der Waals surface area contributed by atoms with Gasteiger partial charge in [0.1, 0.15) is 11.5 Å². The highest BCUT2D eigenvalue weighted by molar-refractivity contribution is 7.53. The largest absolute Gasteiger partial charge is 0.457 e. The summed E-state index contributed by atoms with van der Waals surface area (Å²) in [5, 5.41) is 0. The van der Waals surface area contributed by atoms with Crippen LogP contribution in [0.25, 0.3) is 0 Å². The molecule has 0 bridgehead atoms. The van der Waals surface area contributed by atoms with Gasteiger partial charge in [-0.25, -0.2) is 0 Å². The summed E-state index contributed by atoms with van der Waals surface area (Å²) in [4.78, 5) is 0.